The highest BCUT2D eigenvalue weighted by atomic mass is 127. The van der Waals surface area contributed by atoms with E-state index in [0.29, 0.717) is 19.1 Å². The molecule has 6 nitrogen and oxygen atoms in total. The summed E-state index contributed by atoms with van der Waals surface area (Å²) in [6.45, 7) is 0.940. The molecule has 0 bridgehead atoms. The molecule has 1 aromatic carbocycles. The van der Waals surface area contributed by atoms with E-state index >= 15 is 0 Å². The van der Waals surface area contributed by atoms with Gasteiger partial charge in [-0.3, -0.25) is 0 Å². The molecule has 1 heterocycles. The number of nitrogens with one attached hydrogen (secondary N) is 1. The maximum atomic E-state index is 5.98. The van der Waals surface area contributed by atoms with Gasteiger partial charge >= 0.3 is 0 Å². The predicted octanol–water partition coefficient (Wildman–Crippen LogP) is 2.84. The minimum absolute atomic E-state index is 0. The highest BCUT2D eigenvalue weighted by Crippen LogP contribution is 2.15. The van der Waals surface area contributed by atoms with Crippen LogP contribution in [-0.4, -0.2) is 32.1 Å². The molecular weight excluding hydrogens is 417 g/mol. The zero-order valence-electron chi connectivity index (χ0n) is 14.2. The zero-order chi connectivity index (χ0) is 16.7. The minimum atomic E-state index is 0. The minimum Gasteiger partial charge on any atom is -0.380 e. The summed E-state index contributed by atoms with van der Waals surface area (Å²) >= 11 is 0. The Balaban J connectivity index is 0.00000288. The van der Waals surface area contributed by atoms with E-state index in [1.54, 1.807) is 7.11 Å². The molecule has 130 valence electrons. The van der Waals surface area contributed by atoms with Crippen LogP contribution in [0.3, 0.4) is 0 Å². The van der Waals surface area contributed by atoms with Crippen LogP contribution < -0.4 is 16.0 Å². The Hall–Kier alpha value is -1.87. The Labute approximate surface area is 160 Å². The number of halogens is 1. The molecule has 0 atom stereocenters. The molecule has 2 rings (SSSR count). The van der Waals surface area contributed by atoms with Gasteiger partial charge in [-0.25, -0.2) is 9.98 Å². The van der Waals surface area contributed by atoms with Gasteiger partial charge in [0.05, 0.1) is 18.8 Å². The van der Waals surface area contributed by atoms with Crippen molar-refractivity contribution in [2.24, 2.45) is 10.7 Å². The number of rotatable bonds is 6. The molecule has 0 amide bonds. The molecule has 0 unspecified atom stereocenters. The van der Waals surface area contributed by atoms with Crippen LogP contribution in [0, 0.1) is 0 Å². The van der Waals surface area contributed by atoms with E-state index in [2.05, 4.69) is 15.3 Å². The first-order chi connectivity index (χ1) is 11.1. The fraction of sp³-hybridized carbons (Fsp3) is 0.294. The topological polar surface area (TPSA) is 75.8 Å². The van der Waals surface area contributed by atoms with E-state index in [4.69, 9.17) is 10.5 Å². The number of para-hydroxylation sites is 1. The number of benzene rings is 1. The summed E-state index contributed by atoms with van der Waals surface area (Å²) in [7, 11) is 5.58. The number of nitrogens with two attached hydrogens (primary N) is 1. The van der Waals surface area contributed by atoms with E-state index in [1.807, 2.05) is 61.5 Å². The lowest BCUT2D eigenvalue weighted by Gasteiger charge is -2.12. The average Bonchev–Trinajstić information content (AvgIpc) is 2.55. The van der Waals surface area contributed by atoms with Crippen molar-refractivity contribution < 1.29 is 4.74 Å². The van der Waals surface area contributed by atoms with Gasteiger partial charge in [0.1, 0.15) is 5.82 Å². The maximum absolute atomic E-state index is 5.98. The normalized spacial score (nSPS) is 10.9. The van der Waals surface area contributed by atoms with Crippen LogP contribution in [0.4, 0.5) is 11.5 Å². The van der Waals surface area contributed by atoms with Crippen LogP contribution in [-0.2, 0) is 17.9 Å². The standard InChI is InChI=1S/C17H23N5O.HI/c1-22(2)16-10-6-8-14(20-16)11-19-17(18)21-15-9-5-4-7-13(15)12-23-3;/h4-10H,11-12H2,1-3H3,(H3,18,19,21);1H. The van der Waals surface area contributed by atoms with Crippen molar-refractivity contribution in [2.75, 3.05) is 31.4 Å². The van der Waals surface area contributed by atoms with Crippen molar-refractivity contribution in [3.8, 4) is 0 Å². The molecule has 7 heteroatoms. The number of aliphatic imine (C=N–C) groups is 1. The van der Waals surface area contributed by atoms with Gasteiger partial charge in [-0.15, -0.1) is 24.0 Å². The number of ether oxygens (including phenoxy) is 1. The Morgan fingerprint density at radius 3 is 2.67 bits per heavy atom. The quantitative estimate of drug-likeness (QED) is 0.410. The Morgan fingerprint density at radius 1 is 1.21 bits per heavy atom. The first-order valence-electron chi connectivity index (χ1n) is 7.37. The summed E-state index contributed by atoms with van der Waals surface area (Å²) in [5.41, 5.74) is 8.77. The third kappa shape index (κ3) is 5.97. The lowest BCUT2D eigenvalue weighted by atomic mass is 10.2. The summed E-state index contributed by atoms with van der Waals surface area (Å²) in [5, 5.41) is 3.11. The summed E-state index contributed by atoms with van der Waals surface area (Å²) in [6.07, 6.45) is 0. The molecule has 3 N–H and O–H groups in total. The van der Waals surface area contributed by atoms with E-state index in [1.165, 1.54) is 0 Å². The first kappa shape index (κ1) is 20.2. The first-order valence-corrected chi connectivity index (χ1v) is 7.37. The Bertz CT molecular complexity index is 676. The fourth-order valence-electron chi connectivity index (χ4n) is 2.07. The molecule has 1 aromatic heterocycles. The lowest BCUT2D eigenvalue weighted by molar-refractivity contribution is 0.185. The van der Waals surface area contributed by atoms with Gasteiger partial charge in [-0.2, -0.15) is 0 Å². The van der Waals surface area contributed by atoms with Gasteiger partial charge in [-0.05, 0) is 18.2 Å². The summed E-state index contributed by atoms with van der Waals surface area (Å²) < 4.78 is 5.18. The summed E-state index contributed by atoms with van der Waals surface area (Å²) in [4.78, 5) is 10.8. The number of methoxy groups -OCH3 is 1. The third-order valence-electron chi connectivity index (χ3n) is 3.24. The average molecular weight is 441 g/mol. The molecular formula is C17H24IN5O. The van der Waals surface area contributed by atoms with E-state index in [9.17, 15) is 0 Å². The van der Waals surface area contributed by atoms with Gasteiger partial charge in [0.15, 0.2) is 5.96 Å². The second-order valence-corrected chi connectivity index (χ2v) is 5.30. The molecule has 0 spiro atoms. The summed E-state index contributed by atoms with van der Waals surface area (Å²) in [5.74, 6) is 1.25. The number of hydrogen-bond acceptors (Lipinski definition) is 4. The van der Waals surface area contributed by atoms with Gasteiger partial charge in [0, 0.05) is 32.5 Å². The van der Waals surface area contributed by atoms with E-state index < -0.39 is 0 Å². The number of anilines is 2. The van der Waals surface area contributed by atoms with Crippen LogP contribution in [0.15, 0.2) is 47.5 Å². The van der Waals surface area contributed by atoms with Crippen molar-refractivity contribution in [1.29, 1.82) is 0 Å². The molecule has 0 aliphatic heterocycles. The molecule has 24 heavy (non-hydrogen) atoms. The van der Waals surface area contributed by atoms with Gasteiger partial charge in [-0.1, -0.05) is 24.3 Å². The second kappa shape index (κ2) is 10.1. The fourth-order valence-corrected chi connectivity index (χ4v) is 2.07. The van der Waals surface area contributed by atoms with Crippen molar-refractivity contribution in [3.05, 3.63) is 53.7 Å². The van der Waals surface area contributed by atoms with Crippen molar-refractivity contribution in [2.45, 2.75) is 13.2 Å². The van der Waals surface area contributed by atoms with Gasteiger partial charge in [0.25, 0.3) is 0 Å². The molecule has 0 saturated heterocycles. The Kier molecular flexibility index (Phi) is 8.48. The Morgan fingerprint density at radius 2 is 1.96 bits per heavy atom. The number of aromatic nitrogens is 1. The highest BCUT2D eigenvalue weighted by Gasteiger charge is 2.03. The van der Waals surface area contributed by atoms with Crippen LogP contribution >= 0.6 is 24.0 Å². The van der Waals surface area contributed by atoms with Crippen molar-refractivity contribution in [3.63, 3.8) is 0 Å². The number of pyridine rings is 1. The molecule has 0 aliphatic rings. The van der Waals surface area contributed by atoms with Gasteiger partial charge in [0.2, 0.25) is 0 Å². The highest BCUT2D eigenvalue weighted by molar-refractivity contribution is 14.0. The van der Waals surface area contributed by atoms with Crippen LogP contribution in [0.1, 0.15) is 11.3 Å². The smallest absolute Gasteiger partial charge is 0.193 e. The molecule has 2 aromatic rings. The monoisotopic (exact) mass is 441 g/mol. The molecule has 0 aliphatic carbocycles. The third-order valence-corrected chi connectivity index (χ3v) is 3.24. The van der Waals surface area contributed by atoms with E-state index in [-0.39, 0.29) is 24.0 Å². The van der Waals surface area contributed by atoms with Crippen LogP contribution in [0.5, 0.6) is 0 Å². The number of guanidine groups is 1. The SMILES string of the molecule is COCc1ccccc1NC(N)=NCc1cccc(N(C)C)n1.I. The summed E-state index contributed by atoms with van der Waals surface area (Å²) in [6, 6.07) is 13.7. The molecule has 0 saturated carbocycles. The van der Waals surface area contributed by atoms with Crippen molar-refractivity contribution in [1.82, 2.24) is 4.98 Å². The molecule has 0 fully saturated rings. The second-order valence-electron chi connectivity index (χ2n) is 5.30. The molecule has 0 radical (unpaired) electrons. The predicted molar refractivity (Wildman–Crippen MR) is 110 cm³/mol. The zero-order valence-corrected chi connectivity index (χ0v) is 16.5. The van der Waals surface area contributed by atoms with Crippen LogP contribution in [0.25, 0.3) is 0 Å². The lowest BCUT2D eigenvalue weighted by Crippen LogP contribution is -2.23. The number of nitrogens with zero attached hydrogens (tertiary/aromatic N) is 3. The van der Waals surface area contributed by atoms with Gasteiger partial charge < -0.3 is 20.7 Å². The maximum Gasteiger partial charge on any atom is 0.193 e. The van der Waals surface area contributed by atoms with E-state index in [0.717, 1.165) is 22.8 Å². The number of hydrogen-bond donors (Lipinski definition) is 2. The van der Waals surface area contributed by atoms with Crippen LogP contribution in [0.2, 0.25) is 0 Å². The van der Waals surface area contributed by atoms with Crippen molar-refractivity contribution >= 4 is 41.4 Å². The largest absolute Gasteiger partial charge is 0.380 e.